The smallest absolute Gasteiger partial charge is 0.264 e. The van der Waals surface area contributed by atoms with Crippen molar-refractivity contribution in [1.82, 2.24) is 0 Å². The van der Waals surface area contributed by atoms with Gasteiger partial charge in [-0.15, -0.1) is 11.3 Å². The number of thiophene rings is 1. The average molecular weight is 1060 g/mol. The number of hydrogen-bond donors (Lipinski definition) is 0. The minimum Gasteiger partial charge on any atom is -0.454 e. The third-order valence-electron chi connectivity index (χ3n) is 16.4. The molecule has 0 fully saturated rings. The Morgan fingerprint density at radius 3 is 1.82 bits per heavy atom. The van der Waals surface area contributed by atoms with Crippen LogP contribution in [0, 0.1) is 0 Å². The van der Waals surface area contributed by atoms with Gasteiger partial charge in [-0.05, 0) is 139 Å². The molecule has 6 heteroatoms. The van der Waals surface area contributed by atoms with Crippen LogP contribution in [-0.2, 0) is 16.2 Å². The molecule has 2 aliphatic heterocycles. The van der Waals surface area contributed by atoms with E-state index < -0.39 is 6.04 Å². The number of furan rings is 1. The lowest BCUT2D eigenvalue weighted by Crippen LogP contribution is -2.60. The van der Waals surface area contributed by atoms with Gasteiger partial charge in [0.15, 0.2) is 5.58 Å². The predicted octanol–water partition coefficient (Wildman–Crippen LogP) is 19.6. The van der Waals surface area contributed by atoms with Crippen molar-refractivity contribution in [3.63, 3.8) is 0 Å². The van der Waals surface area contributed by atoms with Crippen LogP contribution >= 0.6 is 11.3 Å². The lowest BCUT2D eigenvalue weighted by molar-refractivity contribution is 0.590. The molecule has 0 amide bonds. The highest BCUT2D eigenvalue weighted by Gasteiger charge is 2.46. The van der Waals surface area contributed by atoms with Crippen molar-refractivity contribution in [3.05, 3.63) is 241 Å². The van der Waals surface area contributed by atoms with E-state index in [9.17, 15) is 2.74 Å². The van der Waals surface area contributed by atoms with E-state index >= 15 is 0 Å². The van der Waals surface area contributed by atoms with Gasteiger partial charge in [0.25, 0.3) is 6.71 Å². The summed E-state index contributed by atoms with van der Waals surface area (Å²) in [6.07, 6.45) is 0. The highest BCUT2D eigenvalue weighted by molar-refractivity contribution is 7.33. The maximum Gasteiger partial charge on any atom is 0.264 e. The van der Waals surface area contributed by atoms with Crippen LogP contribution in [0.3, 0.4) is 0 Å². The van der Waals surface area contributed by atoms with Crippen molar-refractivity contribution in [2.75, 3.05) is 14.7 Å². The fraction of sp³-hybridized carbons (Fsp3) is 0.162. The first-order valence-corrected chi connectivity index (χ1v) is 28.6. The number of nitrogens with zero attached hydrogens (tertiary/aromatic N) is 3. The van der Waals surface area contributed by atoms with Gasteiger partial charge in [0.1, 0.15) is 5.58 Å². The Balaban J connectivity index is 1.14. The Hall–Kier alpha value is -8.58. The molecule has 4 heterocycles. The van der Waals surface area contributed by atoms with E-state index in [4.69, 9.17) is 8.53 Å². The number of benzene rings is 10. The molecular formula is C74H64BN3OS. The maximum atomic E-state index is 9.62. The van der Waals surface area contributed by atoms with Crippen LogP contribution in [0.4, 0.5) is 51.2 Å². The quantitative estimate of drug-likeness (QED) is 0.148. The maximum absolute atomic E-state index is 9.62. The summed E-state index contributed by atoms with van der Waals surface area (Å²) in [5.41, 5.74) is 18.0. The van der Waals surface area contributed by atoms with Crippen LogP contribution in [0.5, 0.6) is 0 Å². The Morgan fingerprint density at radius 2 is 1.10 bits per heavy atom. The van der Waals surface area contributed by atoms with Crippen molar-refractivity contribution in [1.29, 1.82) is 0 Å². The van der Waals surface area contributed by atoms with E-state index in [0.717, 1.165) is 99.7 Å². The summed E-state index contributed by atoms with van der Waals surface area (Å²) in [6, 6.07) is 67.9. The van der Waals surface area contributed by atoms with Gasteiger partial charge in [0.05, 0.1) is 23.9 Å². The molecule has 0 bridgehead atoms. The molecule has 80 heavy (non-hydrogen) atoms. The first-order valence-electron chi connectivity index (χ1n) is 30.3. The summed E-state index contributed by atoms with van der Waals surface area (Å²) < 4.78 is 55.6. The SMILES string of the molecule is [2H]c1c([2H])c([2H])c(-c2cc3c4c(c2)N(c2cccc5c2oc2ccccc25)c2cc(N(c5ccc(C(C)(C)C)cc5)c5ccccc5-c5ccccc5)ccc2B4c2sc4ccc(C(C)(C)C)cc4c2N3c2ccc(C(C)(C)C)cc2)c([2H])c1[2H]. The third kappa shape index (κ3) is 8.17. The highest BCUT2D eigenvalue weighted by Crippen LogP contribution is 2.53. The molecule has 0 N–H and O–H groups in total. The van der Waals surface area contributed by atoms with Crippen molar-refractivity contribution < 1.29 is 11.3 Å². The molecule has 0 aliphatic carbocycles. The summed E-state index contributed by atoms with van der Waals surface area (Å²) in [5.74, 6) is 0. The van der Waals surface area contributed by atoms with Crippen LogP contribution in [0.2, 0.25) is 0 Å². The minimum absolute atomic E-state index is 0.0687. The molecule has 4 nitrogen and oxygen atoms in total. The Labute approximate surface area is 482 Å². The molecule has 14 rings (SSSR count). The highest BCUT2D eigenvalue weighted by atomic mass is 32.1. The number of hydrogen-bond acceptors (Lipinski definition) is 5. The van der Waals surface area contributed by atoms with E-state index in [1.807, 2.05) is 29.5 Å². The summed E-state index contributed by atoms with van der Waals surface area (Å²) in [7, 11) is 0. The second-order valence-electron chi connectivity index (χ2n) is 24.6. The molecule has 0 radical (unpaired) electrons. The van der Waals surface area contributed by atoms with Gasteiger partial charge >= 0.3 is 0 Å². The van der Waals surface area contributed by atoms with Crippen LogP contribution < -0.4 is 30.4 Å². The van der Waals surface area contributed by atoms with E-state index in [0.29, 0.717) is 11.1 Å². The van der Waals surface area contributed by atoms with E-state index in [2.05, 4.69) is 253 Å². The number of rotatable bonds is 7. The fourth-order valence-corrected chi connectivity index (χ4v) is 13.5. The van der Waals surface area contributed by atoms with Gasteiger partial charge in [-0.2, -0.15) is 0 Å². The topological polar surface area (TPSA) is 22.9 Å². The summed E-state index contributed by atoms with van der Waals surface area (Å²) >= 11 is 1.83. The van der Waals surface area contributed by atoms with Crippen LogP contribution in [0.15, 0.2) is 229 Å². The molecule has 0 spiro atoms. The van der Waals surface area contributed by atoms with Crippen molar-refractivity contribution in [3.8, 4) is 22.3 Å². The first-order chi connectivity index (χ1) is 40.7. The predicted molar refractivity (Wildman–Crippen MR) is 345 cm³/mol. The standard InChI is InChI=1S/C74H64BN3OS/c1-72(2,3)50-31-36-53(37-32-50)76(61-28-18-16-25-56(61)48-23-14-11-15-24-48)55-40-41-60-63(46-55)78(62-29-20-27-58-57-26-17-19-30-66(57)79-70(58)62)65-44-49(47-21-12-10-13-22-47)43-64-68(65)75(60)71-69(59-45-52(74(7,8)9)35-42-67(59)80-71)77(64)54-38-33-51(34-39-54)73(4,5)6/h10-46H,1-9H3/i10D,12D,13D,21D,22D. The third-order valence-corrected chi connectivity index (χ3v) is 17.6. The zero-order valence-electron chi connectivity index (χ0n) is 51.7. The molecule has 0 atom stereocenters. The molecule has 0 saturated heterocycles. The van der Waals surface area contributed by atoms with E-state index in [1.54, 1.807) is 0 Å². The summed E-state index contributed by atoms with van der Waals surface area (Å²) in [6.45, 7) is 19.9. The Morgan fingerprint density at radius 1 is 0.475 bits per heavy atom. The van der Waals surface area contributed by atoms with Gasteiger partial charge in [0.2, 0.25) is 0 Å². The van der Waals surface area contributed by atoms with Gasteiger partial charge < -0.3 is 19.1 Å². The molecule has 2 aliphatic rings. The fourth-order valence-electron chi connectivity index (χ4n) is 12.2. The van der Waals surface area contributed by atoms with E-state index in [-0.39, 0.29) is 52.7 Å². The summed E-state index contributed by atoms with van der Waals surface area (Å²) in [4.78, 5) is 7.10. The van der Waals surface area contributed by atoms with Crippen LogP contribution in [0.25, 0.3) is 54.3 Å². The number of fused-ring (bicyclic) bond motifs is 9. The van der Waals surface area contributed by atoms with E-state index in [1.165, 1.54) is 21.5 Å². The van der Waals surface area contributed by atoms with Gasteiger partial charge in [-0.25, -0.2) is 0 Å². The number of para-hydroxylation sites is 3. The lowest BCUT2D eigenvalue weighted by atomic mass is 9.36. The largest absolute Gasteiger partial charge is 0.454 e. The van der Waals surface area contributed by atoms with Gasteiger partial charge in [0, 0.05) is 65.3 Å². The summed E-state index contributed by atoms with van der Waals surface area (Å²) in [5, 5.41) is 3.08. The normalized spacial score (nSPS) is 14.1. The molecule has 390 valence electrons. The van der Waals surface area contributed by atoms with Crippen molar-refractivity contribution >= 4 is 117 Å². The second-order valence-corrected chi connectivity index (χ2v) is 25.7. The molecule has 10 aromatic carbocycles. The lowest BCUT2D eigenvalue weighted by Gasteiger charge is -2.44. The Kier molecular flexibility index (Phi) is 10.2. The van der Waals surface area contributed by atoms with Crippen molar-refractivity contribution in [2.45, 2.75) is 78.6 Å². The number of anilines is 9. The monoisotopic (exact) mass is 1060 g/mol. The zero-order valence-corrected chi connectivity index (χ0v) is 47.5. The molecule has 0 unspecified atom stereocenters. The molecule has 12 aromatic rings. The zero-order chi connectivity index (χ0) is 59.2. The molecule has 0 saturated carbocycles. The van der Waals surface area contributed by atoms with Crippen LogP contribution in [0.1, 0.15) is 85.9 Å². The minimum atomic E-state index is -0.436. The van der Waals surface area contributed by atoms with Gasteiger partial charge in [-0.3, -0.25) is 0 Å². The van der Waals surface area contributed by atoms with Gasteiger partial charge in [-0.1, -0.05) is 208 Å². The van der Waals surface area contributed by atoms with Crippen LogP contribution in [-0.4, -0.2) is 6.71 Å². The first kappa shape index (κ1) is 44.3. The molecular weight excluding hydrogens is 990 g/mol. The Bertz CT molecular complexity index is 4660. The van der Waals surface area contributed by atoms with Crippen molar-refractivity contribution in [2.24, 2.45) is 0 Å². The second kappa shape index (κ2) is 18.5. The molecule has 2 aromatic heterocycles. The average Bonchev–Trinajstić information content (AvgIpc) is 1.76.